The lowest BCUT2D eigenvalue weighted by atomic mass is 9.87. The van der Waals surface area contributed by atoms with Crippen LogP contribution in [0.4, 0.5) is 0 Å². The lowest BCUT2D eigenvalue weighted by Gasteiger charge is -2.41. The number of ether oxygens (including phenoxy) is 9. The van der Waals surface area contributed by atoms with Gasteiger partial charge in [-0.25, -0.2) is 0 Å². The Labute approximate surface area is 266 Å². The fraction of sp³-hybridized carbons (Fsp3) is 0.862. The van der Waals surface area contributed by atoms with Crippen molar-refractivity contribution in [3.05, 3.63) is 0 Å². The Morgan fingerprint density at radius 3 is 1.70 bits per heavy atom. The van der Waals surface area contributed by atoms with Crippen LogP contribution in [0, 0.1) is 11.8 Å². The second kappa shape index (κ2) is 12.2. The molecule has 0 bridgehead atoms. The molecule has 0 radical (unpaired) electrons. The standard InChI is InChI=1S/C29H44N4O13/c1-10(30)22(34)32-14-12(8-39-18-16(14)41-26-20(18)43-28(3,4)45-26)24(36)31-11(2)23(35)33-15-13(25(37)38-7)9-40-19-17(15)42-27-21(19)44-29(5,6)46-27/h10-21,26-27H,8-9,30H2,1-7H3,(H,31,36)(H,32,34)(H,33,35)/t10-,11-,12-,13-,14-,15-,16+,17+,18-,19-,20+,21+,26+,27+/m0/s1. The normalized spacial score (nSPS) is 42.9. The van der Waals surface area contributed by atoms with Crippen LogP contribution in [0.5, 0.6) is 0 Å². The summed E-state index contributed by atoms with van der Waals surface area (Å²) in [6.07, 6.45) is -5.43. The molecule has 14 atom stereocenters. The van der Waals surface area contributed by atoms with Gasteiger partial charge in [-0.15, -0.1) is 0 Å². The molecule has 0 spiro atoms. The first-order valence-corrected chi connectivity index (χ1v) is 15.6. The van der Waals surface area contributed by atoms with Crippen LogP contribution in [-0.2, 0) is 61.8 Å². The highest BCUT2D eigenvalue weighted by atomic mass is 16.9. The smallest absolute Gasteiger partial charge is 0.313 e. The van der Waals surface area contributed by atoms with E-state index < -0.39 is 120 Å². The Morgan fingerprint density at radius 1 is 0.717 bits per heavy atom. The van der Waals surface area contributed by atoms with Gasteiger partial charge < -0.3 is 64.3 Å². The van der Waals surface area contributed by atoms with Gasteiger partial charge in [0.1, 0.15) is 48.6 Å². The van der Waals surface area contributed by atoms with E-state index in [0.29, 0.717) is 0 Å². The van der Waals surface area contributed by atoms with E-state index in [0.717, 1.165) is 0 Å². The molecule has 6 saturated heterocycles. The quantitative estimate of drug-likeness (QED) is 0.214. The van der Waals surface area contributed by atoms with Crippen LogP contribution in [0.2, 0.25) is 0 Å². The second-order valence-electron chi connectivity index (χ2n) is 13.6. The van der Waals surface area contributed by atoms with Gasteiger partial charge in [0.25, 0.3) is 0 Å². The highest BCUT2D eigenvalue weighted by Gasteiger charge is 2.62. The number of carbonyl (C=O) groups is 4. The molecule has 17 nitrogen and oxygen atoms in total. The lowest BCUT2D eigenvalue weighted by molar-refractivity contribution is -0.234. The monoisotopic (exact) mass is 656 g/mol. The molecule has 0 unspecified atom stereocenters. The summed E-state index contributed by atoms with van der Waals surface area (Å²) < 4.78 is 52.8. The van der Waals surface area contributed by atoms with E-state index in [1.165, 1.54) is 21.0 Å². The van der Waals surface area contributed by atoms with E-state index in [2.05, 4.69) is 16.0 Å². The number of esters is 1. The van der Waals surface area contributed by atoms with Crippen LogP contribution < -0.4 is 21.7 Å². The van der Waals surface area contributed by atoms with Gasteiger partial charge in [-0.3, -0.25) is 19.2 Å². The molecule has 5 N–H and O–H groups in total. The summed E-state index contributed by atoms with van der Waals surface area (Å²) in [5, 5.41) is 8.40. The Morgan fingerprint density at radius 2 is 1.20 bits per heavy atom. The van der Waals surface area contributed by atoms with Crippen LogP contribution in [0.3, 0.4) is 0 Å². The van der Waals surface area contributed by atoms with Gasteiger partial charge in [0.2, 0.25) is 17.7 Å². The molecule has 17 heteroatoms. The molecular formula is C29H44N4O13. The average Bonchev–Trinajstić information content (AvgIpc) is 3.67. The Balaban J connectivity index is 1.14. The van der Waals surface area contributed by atoms with Crippen LogP contribution in [0.15, 0.2) is 0 Å². The van der Waals surface area contributed by atoms with E-state index in [4.69, 9.17) is 48.4 Å². The lowest BCUT2D eigenvalue weighted by Crippen LogP contribution is -2.65. The first-order valence-electron chi connectivity index (χ1n) is 15.6. The maximum Gasteiger partial charge on any atom is 0.313 e. The number of hydrogen-bond acceptors (Lipinski definition) is 14. The van der Waals surface area contributed by atoms with E-state index in [9.17, 15) is 19.2 Å². The fourth-order valence-electron chi connectivity index (χ4n) is 7.00. The number of methoxy groups -OCH3 is 1. The van der Waals surface area contributed by atoms with E-state index in [-0.39, 0.29) is 13.2 Å². The van der Waals surface area contributed by atoms with Crippen LogP contribution >= 0.6 is 0 Å². The van der Waals surface area contributed by atoms with E-state index >= 15 is 0 Å². The van der Waals surface area contributed by atoms with Gasteiger partial charge in [-0.2, -0.15) is 0 Å². The van der Waals surface area contributed by atoms with Gasteiger partial charge in [-0.05, 0) is 41.5 Å². The minimum absolute atomic E-state index is 0.0502. The Bertz CT molecular complexity index is 1230. The molecular weight excluding hydrogens is 612 g/mol. The van der Waals surface area contributed by atoms with Crippen LogP contribution in [0.1, 0.15) is 41.5 Å². The van der Waals surface area contributed by atoms with Gasteiger partial charge in [-0.1, -0.05) is 0 Å². The molecule has 6 aliphatic heterocycles. The molecule has 0 aliphatic carbocycles. The summed E-state index contributed by atoms with van der Waals surface area (Å²) in [4.78, 5) is 52.6. The highest BCUT2D eigenvalue weighted by Crippen LogP contribution is 2.44. The van der Waals surface area contributed by atoms with Gasteiger partial charge in [0.15, 0.2) is 24.2 Å². The number of carbonyl (C=O) groups excluding carboxylic acids is 4. The molecule has 6 rings (SSSR count). The van der Waals surface area contributed by atoms with Crippen molar-refractivity contribution in [1.29, 1.82) is 0 Å². The second-order valence-corrected chi connectivity index (χ2v) is 13.6. The zero-order valence-corrected chi connectivity index (χ0v) is 26.9. The number of amides is 3. The van der Waals surface area contributed by atoms with Crippen molar-refractivity contribution in [2.75, 3.05) is 20.3 Å². The summed E-state index contributed by atoms with van der Waals surface area (Å²) in [5.74, 6) is -5.85. The number of fused-ring (bicyclic) bond motifs is 6. The minimum atomic E-state index is -1.07. The minimum Gasteiger partial charge on any atom is -0.469 e. The van der Waals surface area contributed by atoms with Crippen molar-refractivity contribution in [3.8, 4) is 0 Å². The predicted molar refractivity (Wildman–Crippen MR) is 151 cm³/mol. The van der Waals surface area contributed by atoms with Crippen molar-refractivity contribution >= 4 is 23.7 Å². The SMILES string of the molecule is COC(=O)[C@H]1CO[C@H]2[C@H](O[C@@H]3OC(C)(C)O[C@@H]32)[C@H]1NC(=O)[C@H](C)NC(=O)[C@H]1CO[C@H]2[C@H](O[C@@H]3OC(C)(C)O[C@@H]32)[C@H]1NC(=O)[C@H](C)N. The number of rotatable bonds is 7. The number of nitrogens with two attached hydrogens (primary N) is 1. The summed E-state index contributed by atoms with van der Waals surface area (Å²) in [5.41, 5.74) is 5.82. The molecule has 6 heterocycles. The average molecular weight is 657 g/mol. The molecule has 0 aromatic carbocycles. The highest BCUT2D eigenvalue weighted by molar-refractivity contribution is 5.90. The number of nitrogens with one attached hydrogen (secondary N) is 3. The van der Waals surface area contributed by atoms with Gasteiger partial charge >= 0.3 is 5.97 Å². The Hall–Kier alpha value is -2.48. The molecule has 3 amide bonds. The molecule has 0 aromatic rings. The molecule has 0 saturated carbocycles. The third-order valence-electron chi connectivity index (χ3n) is 9.19. The van der Waals surface area contributed by atoms with Crippen molar-refractivity contribution in [1.82, 2.24) is 16.0 Å². The van der Waals surface area contributed by atoms with Crippen LogP contribution in [-0.4, -0.2) is 129 Å². The van der Waals surface area contributed by atoms with Gasteiger partial charge in [0, 0.05) is 0 Å². The third-order valence-corrected chi connectivity index (χ3v) is 9.19. The molecule has 6 fully saturated rings. The summed E-state index contributed by atoms with van der Waals surface area (Å²) in [7, 11) is 1.24. The summed E-state index contributed by atoms with van der Waals surface area (Å²) in [6, 6.07) is -3.65. The zero-order chi connectivity index (χ0) is 33.3. The maximum atomic E-state index is 13.7. The third kappa shape index (κ3) is 6.12. The first-order chi connectivity index (χ1) is 21.6. The van der Waals surface area contributed by atoms with Crippen molar-refractivity contribution in [2.45, 2.75) is 126 Å². The molecule has 46 heavy (non-hydrogen) atoms. The van der Waals surface area contributed by atoms with Crippen molar-refractivity contribution in [3.63, 3.8) is 0 Å². The molecule has 6 aliphatic rings. The van der Waals surface area contributed by atoms with E-state index in [1.54, 1.807) is 27.7 Å². The number of hydrogen-bond donors (Lipinski definition) is 4. The fourth-order valence-corrected chi connectivity index (χ4v) is 7.00. The topological polar surface area (TPSA) is 213 Å². The maximum absolute atomic E-state index is 13.7. The molecule has 258 valence electrons. The predicted octanol–water partition coefficient (Wildman–Crippen LogP) is -2.24. The zero-order valence-electron chi connectivity index (χ0n) is 26.9. The molecule has 0 aromatic heterocycles. The van der Waals surface area contributed by atoms with Crippen molar-refractivity contribution < 1.29 is 61.8 Å². The largest absolute Gasteiger partial charge is 0.469 e. The first kappa shape index (κ1) is 33.4. The van der Waals surface area contributed by atoms with Crippen molar-refractivity contribution in [2.24, 2.45) is 17.6 Å². The Kier molecular flexibility index (Phi) is 8.86. The van der Waals surface area contributed by atoms with E-state index in [1.807, 2.05) is 0 Å². The van der Waals surface area contributed by atoms with Gasteiger partial charge in [0.05, 0.1) is 44.4 Å². The summed E-state index contributed by atoms with van der Waals surface area (Å²) in [6.45, 7) is 9.90. The summed E-state index contributed by atoms with van der Waals surface area (Å²) >= 11 is 0. The van der Waals surface area contributed by atoms with Crippen LogP contribution in [0.25, 0.3) is 0 Å².